The van der Waals surface area contributed by atoms with E-state index in [4.69, 9.17) is 10.2 Å². The maximum atomic E-state index is 11.1. The van der Waals surface area contributed by atoms with Gasteiger partial charge in [-0.1, -0.05) is 0 Å². The summed E-state index contributed by atoms with van der Waals surface area (Å²) in [5.41, 5.74) is -2.10. The topological polar surface area (TPSA) is 143 Å². The van der Waals surface area contributed by atoms with Gasteiger partial charge in [-0.3, -0.25) is 19.8 Å². The number of aromatic nitrogens is 2. The van der Waals surface area contributed by atoms with E-state index in [0.29, 0.717) is 0 Å². The van der Waals surface area contributed by atoms with Gasteiger partial charge in [-0.15, -0.1) is 0 Å². The number of aliphatic hydroxyl groups is 2. The fraction of sp³-hybridized carbons (Fsp3) is 0.286. The second kappa shape index (κ2) is 4.07. The monoisotopic (exact) mass is 216 g/mol. The predicted molar refractivity (Wildman–Crippen MR) is 46.3 cm³/mol. The molecule has 1 aromatic rings. The molecule has 0 aromatic carbocycles. The summed E-state index contributed by atoms with van der Waals surface area (Å²) < 4.78 is 0. The van der Waals surface area contributed by atoms with E-state index in [1.807, 2.05) is 10.2 Å². The van der Waals surface area contributed by atoms with Crippen molar-refractivity contribution in [1.82, 2.24) is 10.2 Å². The van der Waals surface area contributed by atoms with E-state index < -0.39 is 34.9 Å². The van der Waals surface area contributed by atoms with E-state index in [1.165, 1.54) is 0 Å². The third kappa shape index (κ3) is 2.30. The summed E-state index contributed by atoms with van der Waals surface area (Å²) >= 11 is 0. The van der Waals surface area contributed by atoms with Crippen LogP contribution in [0.2, 0.25) is 0 Å². The first-order chi connectivity index (χ1) is 6.93. The lowest BCUT2D eigenvalue weighted by Gasteiger charge is -2.12. The molecule has 0 saturated carbocycles. The molecule has 0 amide bonds. The Morgan fingerprint density at radius 2 is 1.87 bits per heavy atom. The highest BCUT2D eigenvalue weighted by Crippen LogP contribution is 2.10. The van der Waals surface area contributed by atoms with E-state index in [1.54, 1.807) is 0 Å². The highest BCUT2D eigenvalue weighted by atomic mass is 16.4. The van der Waals surface area contributed by atoms with Gasteiger partial charge in [0.15, 0.2) is 6.10 Å². The number of hydrogen-bond acceptors (Lipinski definition) is 5. The number of rotatable bonds is 3. The fourth-order valence-electron chi connectivity index (χ4n) is 0.958. The van der Waals surface area contributed by atoms with E-state index >= 15 is 0 Å². The maximum absolute atomic E-state index is 11.1. The summed E-state index contributed by atoms with van der Waals surface area (Å²) in [6.45, 7) is 0. The van der Waals surface area contributed by atoms with Crippen LogP contribution in [0.25, 0.3) is 0 Å². The van der Waals surface area contributed by atoms with Crippen molar-refractivity contribution >= 4 is 5.97 Å². The van der Waals surface area contributed by atoms with Crippen molar-refractivity contribution in [3.8, 4) is 0 Å². The van der Waals surface area contributed by atoms with Crippen LogP contribution in [-0.4, -0.2) is 37.6 Å². The minimum absolute atomic E-state index is 0.506. The molecule has 0 aliphatic carbocycles. The highest BCUT2D eigenvalue weighted by molar-refractivity contribution is 5.73. The number of carboxylic acids is 1. The number of hydrogen-bond donors (Lipinski definition) is 5. The Balaban J connectivity index is 3.16. The van der Waals surface area contributed by atoms with Gasteiger partial charge < -0.3 is 15.3 Å². The number of aliphatic carboxylic acids is 1. The Labute approximate surface area is 81.8 Å². The van der Waals surface area contributed by atoms with Crippen LogP contribution in [0.1, 0.15) is 11.7 Å². The van der Waals surface area contributed by atoms with Crippen LogP contribution in [0, 0.1) is 0 Å². The summed E-state index contributed by atoms with van der Waals surface area (Å²) in [6.07, 6.45) is -4.11. The lowest BCUT2D eigenvalue weighted by Crippen LogP contribution is -2.33. The first kappa shape index (κ1) is 11.1. The molecule has 1 heterocycles. The van der Waals surface area contributed by atoms with Crippen LogP contribution in [0.5, 0.6) is 0 Å². The zero-order valence-corrected chi connectivity index (χ0v) is 7.30. The fourth-order valence-corrected chi connectivity index (χ4v) is 0.958. The van der Waals surface area contributed by atoms with Gasteiger partial charge in [0.05, 0.1) is 5.56 Å². The van der Waals surface area contributed by atoms with Gasteiger partial charge >= 0.3 is 5.97 Å². The average Bonchev–Trinajstić information content (AvgIpc) is 2.19. The highest BCUT2D eigenvalue weighted by Gasteiger charge is 2.27. The minimum Gasteiger partial charge on any atom is -0.479 e. The molecule has 0 aliphatic rings. The number of aromatic amines is 2. The summed E-state index contributed by atoms with van der Waals surface area (Å²) in [4.78, 5) is 32.1. The molecular weight excluding hydrogens is 208 g/mol. The minimum atomic E-state index is -2.16. The predicted octanol–water partition coefficient (Wildman–Crippen LogP) is -2.46. The van der Waals surface area contributed by atoms with Crippen molar-refractivity contribution in [1.29, 1.82) is 0 Å². The molecule has 0 aliphatic heterocycles. The Kier molecular flexibility index (Phi) is 3.02. The normalized spacial score (nSPS) is 14.5. The lowest BCUT2D eigenvalue weighted by atomic mass is 10.1. The largest absolute Gasteiger partial charge is 0.479 e. The van der Waals surface area contributed by atoms with Crippen LogP contribution in [0.3, 0.4) is 0 Å². The van der Waals surface area contributed by atoms with Gasteiger partial charge in [0.2, 0.25) is 0 Å². The number of aliphatic hydroxyl groups excluding tert-OH is 2. The molecule has 5 N–H and O–H groups in total. The molecule has 0 spiro atoms. The van der Waals surface area contributed by atoms with Crippen molar-refractivity contribution in [2.45, 2.75) is 12.2 Å². The third-order valence-corrected chi connectivity index (χ3v) is 1.72. The summed E-state index contributed by atoms with van der Waals surface area (Å²) in [7, 11) is 0. The summed E-state index contributed by atoms with van der Waals surface area (Å²) in [5.74, 6) is -1.69. The van der Waals surface area contributed by atoms with E-state index in [2.05, 4.69) is 0 Å². The molecule has 0 fully saturated rings. The van der Waals surface area contributed by atoms with Gasteiger partial charge in [-0.05, 0) is 0 Å². The zero-order valence-electron chi connectivity index (χ0n) is 7.30. The van der Waals surface area contributed by atoms with Crippen molar-refractivity contribution in [3.05, 3.63) is 32.3 Å². The number of H-pyrrole nitrogens is 2. The number of carboxylic acid groups (broad SMARTS) is 1. The second-order valence-corrected chi connectivity index (χ2v) is 2.77. The van der Waals surface area contributed by atoms with Gasteiger partial charge in [-0.25, -0.2) is 4.79 Å². The Hall–Kier alpha value is -1.93. The van der Waals surface area contributed by atoms with E-state index in [-0.39, 0.29) is 0 Å². The lowest BCUT2D eigenvalue weighted by molar-refractivity contribution is -0.153. The first-order valence-electron chi connectivity index (χ1n) is 3.84. The van der Waals surface area contributed by atoms with Crippen molar-refractivity contribution in [2.75, 3.05) is 0 Å². The van der Waals surface area contributed by atoms with Gasteiger partial charge in [-0.2, -0.15) is 0 Å². The Morgan fingerprint density at radius 3 is 2.40 bits per heavy atom. The Morgan fingerprint density at radius 1 is 1.27 bits per heavy atom. The first-order valence-corrected chi connectivity index (χ1v) is 3.84. The molecular formula is C7H8N2O6. The van der Waals surface area contributed by atoms with Crippen LogP contribution in [0.4, 0.5) is 0 Å². The molecule has 0 bridgehead atoms. The molecule has 2 unspecified atom stereocenters. The standard InChI is InChI=1S/C7H8N2O6/c10-3-1-2(6(13)9-8-3)4(11)5(12)7(14)15/h1,4-5,11-12H,(H,8,10)(H,9,13)(H,14,15). The maximum Gasteiger partial charge on any atom is 0.335 e. The summed E-state index contributed by atoms with van der Waals surface area (Å²) in [6, 6.07) is 0.718. The molecule has 8 nitrogen and oxygen atoms in total. The molecule has 0 radical (unpaired) electrons. The van der Waals surface area contributed by atoms with Gasteiger partial charge in [0.25, 0.3) is 11.1 Å². The molecule has 8 heteroatoms. The Bertz CT molecular complexity index is 475. The summed E-state index contributed by atoms with van der Waals surface area (Å²) in [5, 5.41) is 30.4. The zero-order chi connectivity index (χ0) is 11.6. The molecule has 1 rings (SSSR count). The number of carbonyl (C=O) groups is 1. The molecule has 0 saturated heterocycles. The average molecular weight is 216 g/mol. The second-order valence-electron chi connectivity index (χ2n) is 2.77. The van der Waals surface area contributed by atoms with E-state index in [0.717, 1.165) is 6.07 Å². The van der Waals surface area contributed by atoms with Crippen molar-refractivity contribution in [3.63, 3.8) is 0 Å². The molecule has 1 aromatic heterocycles. The van der Waals surface area contributed by atoms with E-state index in [9.17, 15) is 19.5 Å². The third-order valence-electron chi connectivity index (χ3n) is 1.72. The quantitative estimate of drug-likeness (QED) is 0.379. The van der Waals surface area contributed by atoms with Crippen LogP contribution in [-0.2, 0) is 4.79 Å². The van der Waals surface area contributed by atoms with Crippen molar-refractivity contribution in [2.24, 2.45) is 0 Å². The number of nitrogens with one attached hydrogen (secondary N) is 2. The molecule has 82 valence electrons. The van der Waals surface area contributed by atoms with Crippen LogP contribution in [0.15, 0.2) is 15.7 Å². The van der Waals surface area contributed by atoms with Crippen LogP contribution >= 0.6 is 0 Å². The smallest absolute Gasteiger partial charge is 0.335 e. The SMILES string of the molecule is O=C(O)C(O)C(O)c1cc(=O)[nH][nH]c1=O. The van der Waals surface area contributed by atoms with Crippen LogP contribution < -0.4 is 11.1 Å². The molecule has 2 atom stereocenters. The van der Waals surface area contributed by atoms with Gasteiger partial charge in [0.1, 0.15) is 6.10 Å². The molecule has 15 heavy (non-hydrogen) atoms. The van der Waals surface area contributed by atoms with Gasteiger partial charge in [0, 0.05) is 6.07 Å². The van der Waals surface area contributed by atoms with Crippen molar-refractivity contribution < 1.29 is 20.1 Å².